The number of thioether (sulfide) groups is 1. The van der Waals surface area contributed by atoms with Crippen LogP contribution in [-0.4, -0.2) is 34.6 Å². The second-order valence-corrected chi connectivity index (χ2v) is 6.46. The van der Waals surface area contributed by atoms with Crippen molar-refractivity contribution in [2.75, 3.05) is 24.6 Å². The van der Waals surface area contributed by atoms with Crippen LogP contribution in [0.4, 0.5) is 5.69 Å². The van der Waals surface area contributed by atoms with E-state index < -0.39 is 0 Å². The Bertz CT molecular complexity index is 442. The topological polar surface area (TPSA) is 59.2 Å². The van der Waals surface area contributed by atoms with Crippen LogP contribution in [0.1, 0.15) is 20.3 Å². The number of hydrogen-bond acceptors (Lipinski definition) is 4. The summed E-state index contributed by atoms with van der Waals surface area (Å²) in [6.45, 7) is 6.19. The van der Waals surface area contributed by atoms with Gasteiger partial charge in [-0.1, -0.05) is 13.8 Å². The van der Waals surface area contributed by atoms with Gasteiger partial charge in [0, 0.05) is 24.2 Å². The van der Waals surface area contributed by atoms with E-state index in [-0.39, 0.29) is 5.91 Å². The number of hydrogen-bond donors (Lipinski definition) is 1. The summed E-state index contributed by atoms with van der Waals surface area (Å²) in [7, 11) is 0. The number of anilines is 1. The van der Waals surface area contributed by atoms with Crippen LogP contribution in [0, 0.1) is 11.8 Å². The van der Waals surface area contributed by atoms with Gasteiger partial charge in [0.2, 0.25) is 5.91 Å². The molecule has 1 aromatic heterocycles. The Balaban J connectivity index is 1.89. The minimum absolute atomic E-state index is 0.208. The maximum absolute atomic E-state index is 12.2. The van der Waals surface area contributed by atoms with Crippen molar-refractivity contribution in [3.63, 3.8) is 0 Å². The van der Waals surface area contributed by atoms with Crippen molar-refractivity contribution in [1.82, 2.24) is 9.88 Å². The van der Waals surface area contributed by atoms with Crippen molar-refractivity contribution >= 4 is 23.4 Å². The zero-order chi connectivity index (χ0) is 13.8. The summed E-state index contributed by atoms with van der Waals surface area (Å²) in [5.74, 6) is 1.86. The molecule has 2 unspecified atom stereocenters. The number of piperidine rings is 1. The van der Waals surface area contributed by atoms with Crippen molar-refractivity contribution < 1.29 is 4.79 Å². The largest absolute Gasteiger partial charge is 0.397 e. The van der Waals surface area contributed by atoms with Crippen LogP contribution in [0.3, 0.4) is 0 Å². The van der Waals surface area contributed by atoms with E-state index in [0.29, 0.717) is 23.3 Å². The molecular formula is C14H21N3OS. The van der Waals surface area contributed by atoms with Gasteiger partial charge in [-0.2, -0.15) is 0 Å². The van der Waals surface area contributed by atoms with Gasteiger partial charge >= 0.3 is 0 Å². The monoisotopic (exact) mass is 279 g/mol. The van der Waals surface area contributed by atoms with Gasteiger partial charge in [0.25, 0.3) is 0 Å². The molecule has 5 heteroatoms. The van der Waals surface area contributed by atoms with E-state index in [9.17, 15) is 4.79 Å². The van der Waals surface area contributed by atoms with Crippen LogP contribution in [0.15, 0.2) is 23.4 Å². The van der Waals surface area contributed by atoms with E-state index in [1.165, 1.54) is 18.2 Å². The van der Waals surface area contributed by atoms with Crippen LogP contribution in [0.25, 0.3) is 0 Å². The standard InChI is InChI=1S/C14H21N3OS/c1-10-5-11(2)8-17(7-10)14(18)9-19-13-3-4-16-6-12(13)15/h3-4,6,10-11H,5,7-9,15H2,1-2H3. The predicted molar refractivity (Wildman–Crippen MR) is 78.9 cm³/mol. The number of nitrogens with zero attached hydrogens (tertiary/aromatic N) is 2. The van der Waals surface area contributed by atoms with E-state index in [2.05, 4.69) is 18.8 Å². The molecular weight excluding hydrogens is 258 g/mol. The third kappa shape index (κ3) is 3.86. The first-order chi connectivity index (χ1) is 9.06. The van der Waals surface area contributed by atoms with Gasteiger partial charge in [0.1, 0.15) is 0 Å². The van der Waals surface area contributed by atoms with Gasteiger partial charge in [-0.25, -0.2) is 0 Å². The molecule has 2 rings (SSSR count). The van der Waals surface area contributed by atoms with Crippen molar-refractivity contribution in [1.29, 1.82) is 0 Å². The van der Waals surface area contributed by atoms with E-state index >= 15 is 0 Å². The Morgan fingerprint density at radius 3 is 2.79 bits per heavy atom. The van der Waals surface area contributed by atoms with E-state index in [0.717, 1.165) is 18.0 Å². The zero-order valence-electron chi connectivity index (χ0n) is 11.5. The summed E-state index contributed by atoms with van der Waals surface area (Å²) in [4.78, 5) is 19.1. The molecule has 2 atom stereocenters. The molecule has 1 fully saturated rings. The Morgan fingerprint density at radius 2 is 2.16 bits per heavy atom. The van der Waals surface area contributed by atoms with Crippen molar-refractivity contribution in [3.8, 4) is 0 Å². The summed E-state index contributed by atoms with van der Waals surface area (Å²) in [6.07, 6.45) is 4.54. The third-order valence-electron chi connectivity index (χ3n) is 3.38. The van der Waals surface area contributed by atoms with Crippen LogP contribution in [-0.2, 0) is 4.79 Å². The van der Waals surface area contributed by atoms with E-state index in [1.54, 1.807) is 12.4 Å². The van der Waals surface area contributed by atoms with E-state index in [1.807, 2.05) is 11.0 Å². The lowest BCUT2D eigenvalue weighted by Gasteiger charge is -2.35. The first-order valence-corrected chi connectivity index (χ1v) is 7.65. The predicted octanol–water partition coefficient (Wildman–Crippen LogP) is 2.26. The number of carbonyl (C=O) groups is 1. The van der Waals surface area contributed by atoms with Gasteiger partial charge in [0.15, 0.2) is 0 Å². The molecule has 0 radical (unpaired) electrons. The fraction of sp³-hybridized carbons (Fsp3) is 0.571. The summed E-state index contributed by atoms with van der Waals surface area (Å²) in [6, 6.07) is 1.86. The van der Waals surface area contributed by atoms with Crippen molar-refractivity contribution in [2.24, 2.45) is 11.8 Å². The molecule has 0 spiro atoms. The Kier molecular flexibility index (Phi) is 4.69. The molecule has 4 nitrogen and oxygen atoms in total. The molecule has 0 aliphatic carbocycles. The van der Waals surface area contributed by atoms with Crippen LogP contribution in [0.2, 0.25) is 0 Å². The van der Waals surface area contributed by atoms with Gasteiger partial charge < -0.3 is 10.6 Å². The SMILES string of the molecule is CC1CC(C)CN(C(=O)CSc2ccncc2N)C1. The molecule has 0 saturated carbocycles. The molecule has 1 aliphatic rings. The highest BCUT2D eigenvalue weighted by molar-refractivity contribution is 8.00. The lowest BCUT2D eigenvalue weighted by molar-refractivity contribution is -0.130. The Morgan fingerprint density at radius 1 is 1.47 bits per heavy atom. The number of amides is 1. The second kappa shape index (κ2) is 6.28. The molecule has 2 N–H and O–H groups in total. The average molecular weight is 279 g/mol. The summed E-state index contributed by atoms with van der Waals surface area (Å²) in [5, 5.41) is 0. The Hall–Kier alpha value is -1.23. The number of nitrogens with two attached hydrogens (primary N) is 1. The molecule has 1 aromatic rings. The third-order valence-corrected chi connectivity index (χ3v) is 4.46. The molecule has 104 valence electrons. The molecule has 0 aromatic carbocycles. The number of aromatic nitrogens is 1. The molecule has 2 heterocycles. The first-order valence-electron chi connectivity index (χ1n) is 6.66. The smallest absolute Gasteiger partial charge is 0.232 e. The maximum atomic E-state index is 12.2. The number of rotatable bonds is 3. The lowest BCUT2D eigenvalue weighted by Crippen LogP contribution is -2.43. The molecule has 19 heavy (non-hydrogen) atoms. The lowest BCUT2D eigenvalue weighted by atomic mass is 9.92. The van der Waals surface area contributed by atoms with Crippen molar-refractivity contribution in [3.05, 3.63) is 18.5 Å². The quantitative estimate of drug-likeness (QED) is 0.862. The molecule has 1 aliphatic heterocycles. The average Bonchev–Trinajstić information content (AvgIpc) is 2.36. The minimum atomic E-state index is 0.208. The Labute approximate surface area is 118 Å². The molecule has 1 amide bonds. The van der Waals surface area contributed by atoms with Crippen LogP contribution < -0.4 is 5.73 Å². The van der Waals surface area contributed by atoms with Crippen LogP contribution in [0.5, 0.6) is 0 Å². The number of pyridine rings is 1. The van der Waals surface area contributed by atoms with Gasteiger partial charge in [-0.05, 0) is 24.3 Å². The van der Waals surface area contributed by atoms with Gasteiger partial charge in [0.05, 0.1) is 17.6 Å². The number of likely N-dealkylation sites (tertiary alicyclic amines) is 1. The highest BCUT2D eigenvalue weighted by atomic mass is 32.2. The zero-order valence-corrected chi connectivity index (χ0v) is 12.3. The first kappa shape index (κ1) is 14.2. The minimum Gasteiger partial charge on any atom is -0.397 e. The highest BCUT2D eigenvalue weighted by Crippen LogP contribution is 2.26. The summed E-state index contributed by atoms with van der Waals surface area (Å²) in [5.41, 5.74) is 6.46. The van der Waals surface area contributed by atoms with Gasteiger partial charge in [-0.15, -0.1) is 11.8 Å². The fourth-order valence-corrected chi connectivity index (χ4v) is 3.46. The summed E-state index contributed by atoms with van der Waals surface area (Å²) >= 11 is 1.50. The summed E-state index contributed by atoms with van der Waals surface area (Å²) < 4.78 is 0. The van der Waals surface area contributed by atoms with Crippen LogP contribution >= 0.6 is 11.8 Å². The van der Waals surface area contributed by atoms with Gasteiger partial charge in [-0.3, -0.25) is 9.78 Å². The maximum Gasteiger partial charge on any atom is 0.232 e. The fourth-order valence-electron chi connectivity index (χ4n) is 2.62. The number of carbonyl (C=O) groups excluding carboxylic acids is 1. The van der Waals surface area contributed by atoms with E-state index in [4.69, 9.17) is 5.73 Å². The molecule has 0 bridgehead atoms. The number of nitrogen functional groups attached to an aromatic ring is 1. The second-order valence-electron chi connectivity index (χ2n) is 5.45. The highest BCUT2D eigenvalue weighted by Gasteiger charge is 2.25. The molecule has 1 saturated heterocycles. The normalized spacial score (nSPS) is 23.4. The van der Waals surface area contributed by atoms with Crippen molar-refractivity contribution in [2.45, 2.75) is 25.2 Å².